The van der Waals surface area contributed by atoms with Gasteiger partial charge in [-0.1, -0.05) is 59.8 Å². The van der Waals surface area contributed by atoms with Crippen LogP contribution in [0.15, 0.2) is 76.8 Å². The second-order valence-electron chi connectivity index (χ2n) is 8.28. The molecule has 0 bridgehead atoms. The fourth-order valence-corrected chi connectivity index (χ4v) is 5.20. The highest BCUT2D eigenvalue weighted by Crippen LogP contribution is 2.28. The average molecular weight is 489 g/mol. The van der Waals surface area contributed by atoms with Crippen molar-refractivity contribution in [3.05, 3.63) is 94.8 Å². The Kier molecular flexibility index (Phi) is 7.75. The summed E-state index contributed by atoms with van der Waals surface area (Å²) in [6.45, 7) is 8.16. The molecule has 0 aliphatic rings. The number of carbonyl (C=O) groups is 1. The maximum absolute atomic E-state index is 12.7. The zero-order valence-electron chi connectivity index (χ0n) is 19.8. The summed E-state index contributed by atoms with van der Waals surface area (Å²) in [5, 5.41) is 12.7. The number of nitrogens with one attached hydrogen (secondary N) is 1. The van der Waals surface area contributed by atoms with Crippen molar-refractivity contribution in [2.24, 2.45) is 0 Å². The second kappa shape index (κ2) is 10.9. The number of amides is 1. The zero-order valence-corrected chi connectivity index (χ0v) is 21.5. The molecule has 0 radical (unpaired) electrons. The van der Waals surface area contributed by atoms with E-state index in [-0.39, 0.29) is 11.7 Å². The van der Waals surface area contributed by atoms with Crippen molar-refractivity contribution in [2.45, 2.75) is 43.5 Å². The van der Waals surface area contributed by atoms with Crippen molar-refractivity contribution >= 4 is 35.1 Å². The van der Waals surface area contributed by atoms with E-state index in [0.717, 1.165) is 33.9 Å². The molecule has 7 heteroatoms. The lowest BCUT2D eigenvalue weighted by molar-refractivity contribution is -0.113. The normalized spacial score (nSPS) is 10.9. The van der Waals surface area contributed by atoms with E-state index in [4.69, 9.17) is 0 Å². The number of para-hydroxylation sites is 1. The molecular weight excluding hydrogens is 460 g/mol. The monoisotopic (exact) mass is 488 g/mol. The lowest BCUT2D eigenvalue weighted by Gasteiger charge is -2.12. The number of thioether (sulfide) groups is 2. The minimum Gasteiger partial charge on any atom is -0.325 e. The Balaban J connectivity index is 1.53. The number of aromatic nitrogens is 3. The Labute approximate surface area is 209 Å². The lowest BCUT2D eigenvalue weighted by Crippen LogP contribution is -2.16. The van der Waals surface area contributed by atoms with Gasteiger partial charge in [-0.15, -0.1) is 22.0 Å². The third kappa shape index (κ3) is 5.90. The second-order valence-corrected chi connectivity index (χ2v) is 10.3. The summed E-state index contributed by atoms with van der Waals surface area (Å²) in [6.07, 6.45) is 0. The van der Waals surface area contributed by atoms with Gasteiger partial charge in [0.1, 0.15) is 5.82 Å². The lowest BCUT2D eigenvalue weighted by atomic mass is 10.1. The van der Waals surface area contributed by atoms with E-state index in [1.54, 1.807) is 11.8 Å². The highest BCUT2D eigenvalue weighted by molar-refractivity contribution is 7.99. The molecule has 0 fully saturated rings. The SMILES string of the molecule is Cc1ccc(SCc2nnc(SCC(=O)Nc3c(C)cccc3C)n2-c2cccc(C)c2)cc1. The van der Waals surface area contributed by atoms with E-state index in [9.17, 15) is 4.79 Å². The van der Waals surface area contributed by atoms with Crippen LogP contribution in [0.3, 0.4) is 0 Å². The minimum atomic E-state index is -0.0585. The summed E-state index contributed by atoms with van der Waals surface area (Å²) < 4.78 is 2.06. The van der Waals surface area contributed by atoms with Gasteiger partial charge in [-0.3, -0.25) is 9.36 Å². The maximum atomic E-state index is 12.7. The first-order chi connectivity index (χ1) is 16.4. The molecule has 1 N–H and O–H groups in total. The molecule has 0 unspecified atom stereocenters. The van der Waals surface area contributed by atoms with E-state index >= 15 is 0 Å². The molecule has 0 atom stereocenters. The van der Waals surface area contributed by atoms with Crippen molar-refractivity contribution in [3.8, 4) is 5.69 Å². The predicted octanol–water partition coefficient (Wildman–Crippen LogP) is 6.52. The van der Waals surface area contributed by atoms with Gasteiger partial charge in [-0.2, -0.15) is 0 Å². The molecule has 1 heterocycles. The summed E-state index contributed by atoms with van der Waals surface area (Å²) >= 11 is 3.13. The molecule has 0 aliphatic heterocycles. The van der Waals surface area contributed by atoms with E-state index < -0.39 is 0 Å². The Morgan fingerprint density at radius 2 is 1.56 bits per heavy atom. The summed E-state index contributed by atoms with van der Waals surface area (Å²) in [6, 6.07) is 22.7. The molecule has 0 aliphatic carbocycles. The van der Waals surface area contributed by atoms with Crippen molar-refractivity contribution in [1.82, 2.24) is 14.8 Å². The van der Waals surface area contributed by atoms with E-state index in [1.807, 2.05) is 38.1 Å². The molecule has 1 amide bonds. The van der Waals surface area contributed by atoms with Gasteiger partial charge in [0.25, 0.3) is 0 Å². The molecule has 3 aromatic carbocycles. The first-order valence-corrected chi connectivity index (χ1v) is 13.1. The van der Waals surface area contributed by atoms with Crippen LogP contribution in [0.2, 0.25) is 0 Å². The molecule has 0 saturated heterocycles. The van der Waals surface area contributed by atoms with E-state index in [0.29, 0.717) is 10.9 Å². The smallest absolute Gasteiger partial charge is 0.234 e. The zero-order chi connectivity index (χ0) is 24.1. The Bertz CT molecular complexity index is 1280. The summed E-state index contributed by atoms with van der Waals surface area (Å²) in [7, 11) is 0. The summed E-state index contributed by atoms with van der Waals surface area (Å²) in [4.78, 5) is 13.9. The minimum absolute atomic E-state index is 0.0585. The van der Waals surface area contributed by atoms with Gasteiger partial charge in [0.15, 0.2) is 5.16 Å². The first kappa shape index (κ1) is 24.1. The van der Waals surface area contributed by atoms with E-state index in [1.165, 1.54) is 22.2 Å². The molecule has 1 aromatic heterocycles. The van der Waals surface area contributed by atoms with Crippen LogP contribution < -0.4 is 5.32 Å². The standard InChI is InChI=1S/C27H28N4OS2/c1-18-11-13-23(14-12-18)33-16-24-29-30-27(31(24)22-10-5-7-19(2)15-22)34-17-25(32)28-26-20(3)8-6-9-21(26)4/h5-15H,16-17H2,1-4H3,(H,28,32). The molecule has 0 spiro atoms. The number of benzene rings is 3. The van der Waals surface area contributed by atoms with Crippen molar-refractivity contribution < 1.29 is 4.79 Å². The number of rotatable bonds is 8. The van der Waals surface area contributed by atoms with Crippen LogP contribution in [-0.2, 0) is 10.5 Å². The van der Waals surface area contributed by atoms with Gasteiger partial charge in [0, 0.05) is 16.3 Å². The fourth-order valence-electron chi connectivity index (χ4n) is 3.61. The third-order valence-corrected chi connectivity index (χ3v) is 7.36. The van der Waals surface area contributed by atoms with Gasteiger partial charge in [0.05, 0.1) is 11.5 Å². The maximum Gasteiger partial charge on any atom is 0.234 e. The van der Waals surface area contributed by atoms with Crippen molar-refractivity contribution in [2.75, 3.05) is 11.1 Å². The van der Waals surface area contributed by atoms with Gasteiger partial charge < -0.3 is 5.32 Å². The predicted molar refractivity (Wildman–Crippen MR) is 142 cm³/mol. The Morgan fingerprint density at radius 3 is 2.26 bits per heavy atom. The Hall–Kier alpha value is -3.03. The highest BCUT2D eigenvalue weighted by Gasteiger charge is 2.17. The molecule has 4 aromatic rings. The third-order valence-electron chi connectivity index (χ3n) is 5.43. The summed E-state index contributed by atoms with van der Waals surface area (Å²) in [5.41, 5.74) is 6.39. The topological polar surface area (TPSA) is 59.8 Å². The van der Waals surface area contributed by atoms with E-state index in [2.05, 4.69) is 76.4 Å². The van der Waals surface area contributed by atoms with Gasteiger partial charge in [-0.25, -0.2) is 0 Å². The fraction of sp³-hybridized carbons (Fsp3) is 0.222. The average Bonchev–Trinajstić information content (AvgIpc) is 3.23. The quantitative estimate of drug-likeness (QED) is 0.286. The largest absolute Gasteiger partial charge is 0.325 e. The molecule has 5 nitrogen and oxygen atoms in total. The number of hydrogen-bond donors (Lipinski definition) is 1. The molecule has 0 saturated carbocycles. The molecule has 34 heavy (non-hydrogen) atoms. The number of carbonyl (C=O) groups excluding carboxylic acids is 1. The van der Waals surface area contributed by atoms with Crippen LogP contribution >= 0.6 is 23.5 Å². The molecule has 174 valence electrons. The van der Waals surface area contributed by atoms with Crippen LogP contribution in [0.1, 0.15) is 28.1 Å². The van der Waals surface area contributed by atoms with Gasteiger partial charge >= 0.3 is 0 Å². The Morgan fingerprint density at radius 1 is 0.853 bits per heavy atom. The number of aryl methyl sites for hydroxylation is 4. The van der Waals surface area contributed by atoms with Crippen LogP contribution in [0.25, 0.3) is 5.69 Å². The van der Waals surface area contributed by atoms with Crippen molar-refractivity contribution in [1.29, 1.82) is 0 Å². The van der Waals surface area contributed by atoms with Crippen LogP contribution in [0.4, 0.5) is 5.69 Å². The molecular formula is C27H28N4OS2. The van der Waals surface area contributed by atoms with Crippen LogP contribution in [0.5, 0.6) is 0 Å². The van der Waals surface area contributed by atoms with Gasteiger partial charge in [-0.05, 0) is 68.7 Å². The highest BCUT2D eigenvalue weighted by atomic mass is 32.2. The number of anilines is 1. The van der Waals surface area contributed by atoms with Gasteiger partial charge in [0.2, 0.25) is 5.91 Å². The number of hydrogen-bond acceptors (Lipinski definition) is 5. The van der Waals surface area contributed by atoms with Crippen molar-refractivity contribution in [3.63, 3.8) is 0 Å². The first-order valence-electron chi connectivity index (χ1n) is 11.1. The number of nitrogens with zero attached hydrogens (tertiary/aromatic N) is 3. The van der Waals surface area contributed by atoms with Crippen LogP contribution in [-0.4, -0.2) is 26.4 Å². The van der Waals surface area contributed by atoms with Crippen LogP contribution in [0, 0.1) is 27.7 Å². The summed E-state index contributed by atoms with van der Waals surface area (Å²) in [5.74, 6) is 1.73. The molecule has 4 rings (SSSR count).